The largest absolute Gasteiger partial charge is 0.322 e. The average Bonchev–Trinajstić information content (AvgIpc) is 2.70. The van der Waals surface area contributed by atoms with Crippen molar-refractivity contribution in [3.05, 3.63) is 39.9 Å². The first-order chi connectivity index (χ1) is 13.8. The van der Waals surface area contributed by atoms with Gasteiger partial charge in [0.25, 0.3) is 0 Å². The standard InChI is InChI=1S/C20H27Cl2N3O3S/c21-18-7-5-17(15-19(18)22)6-8-20(26)24-13-14-25(29(27,28)16-24)12-4-11-23-9-2-1-3-10-23/h5-8,15H,1-4,9-14,16H2/b8-6+. The van der Waals surface area contributed by atoms with Crippen LogP contribution in [0.15, 0.2) is 24.3 Å². The Hall–Kier alpha value is -1.12. The molecule has 0 spiro atoms. The lowest BCUT2D eigenvalue weighted by Crippen LogP contribution is -2.51. The Morgan fingerprint density at radius 3 is 2.45 bits per heavy atom. The normalized spacial score (nSPS) is 21.0. The number of sulfonamides is 1. The predicted molar refractivity (Wildman–Crippen MR) is 117 cm³/mol. The summed E-state index contributed by atoms with van der Waals surface area (Å²) in [5, 5.41) is 0.847. The van der Waals surface area contributed by atoms with E-state index < -0.39 is 10.0 Å². The quantitative estimate of drug-likeness (QED) is 0.612. The number of carbonyl (C=O) groups is 1. The molecule has 2 aliphatic rings. The fourth-order valence-corrected chi connectivity index (χ4v) is 5.57. The topological polar surface area (TPSA) is 60.9 Å². The van der Waals surface area contributed by atoms with Gasteiger partial charge in [0.2, 0.25) is 15.9 Å². The van der Waals surface area contributed by atoms with E-state index in [1.165, 1.54) is 34.5 Å². The van der Waals surface area contributed by atoms with Crippen molar-refractivity contribution in [1.82, 2.24) is 14.1 Å². The van der Waals surface area contributed by atoms with Crippen molar-refractivity contribution in [2.24, 2.45) is 0 Å². The number of amides is 1. The van der Waals surface area contributed by atoms with Gasteiger partial charge in [0, 0.05) is 25.7 Å². The highest BCUT2D eigenvalue weighted by Gasteiger charge is 2.31. The summed E-state index contributed by atoms with van der Waals surface area (Å²) in [5.41, 5.74) is 0.729. The van der Waals surface area contributed by atoms with Crippen molar-refractivity contribution in [3.63, 3.8) is 0 Å². The van der Waals surface area contributed by atoms with Crippen LogP contribution in [0.25, 0.3) is 6.08 Å². The molecule has 0 atom stereocenters. The molecule has 2 fully saturated rings. The Balaban J connectivity index is 1.50. The molecule has 9 heteroatoms. The van der Waals surface area contributed by atoms with E-state index in [-0.39, 0.29) is 11.8 Å². The van der Waals surface area contributed by atoms with Gasteiger partial charge in [0.15, 0.2) is 0 Å². The summed E-state index contributed by atoms with van der Waals surface area (Å²) in [6.45, 7) is 4.41. The number of halogens is 2. The third-order valence-electron chi connectivity index (χ3n) is 5.34. The highest BCUT2D eigenvalue weighted by molar-refractivity contribution is 7.89. The minimum Gasteiger partial charge on any atom is -0.322 e. The van der Waals surface area contributed by atoms with Crippen molar-refractivity contribution in [2.45, 2.75) is 25.7 Å². The fraction of sp³-hybridized carbons (Fsp3) is 0.550. The molecule has 0 aromatic heterocycles. The molecule has 0 N–H and O–H groups in total. The molecule has 0 radical (unpaired) electrons. The number of rotatable bonds is 6. The van der Waals surface area contributed by atoms with E-state index in [0.717, 1.165) is 31.6 Å². The molecule has 0 bridgehead atoms. The van der Waals surface area contributed by atoms with E-state index in [0.29, 0.717) is 29.7 Å². The molecule has 160 valence electrons. The van der Waals surface area contributed by atoms with Crippen LogP contribution in [0, 0.1) is 0 Å². The fourth-order valence-electron chi connectivity index (χ4n) is 3.68. The molecule has 0 saturated carbocycles. The zero-order valence-corrected chi connectivity index (χ0v) is 18.7. The second-order valence-corrected chi connectivity index (χ2v) is 10.3. The summed E-state index contributed by atoms with van der Waals surface area (Å²) in [6, 6.07) is 5.06. The summed E-state index contributed by atoms with van der Waals surface area (Å²) in [4.78, 5) is 16.2. The maximum absolute atomic E-state index is 12.6. The Labute approximate surface area is 183 Å². The second kappa shape index (κ2) is 10.3. The van der Waals surface area contributed by atoms with E-state index in [2.05, 4.69) is 4.90 Å². The van der Waals surface area contributed by atoms with E-state index in [1.54, 1.807) is 24.3 Å². The molecule has 1 aromatic rings. The number of nitrogens with zero attached hydrogens (tertiary/aromatic N) is 3. The predicted octanol–water partition coefficient (Wildman–Crippen LogP) is 3.31. The molecule has 0 unspecified atom stereocenters. The first kappa shape index (κ1) is 22.6. The minimum atomic E-state index is -3.47. The van der Waals surface area contributed by atoms with Crippen LogP contribution in [-0.4, -0.2) is 73.6 Å². The third-order valence-corrected chi connectivity index (χ3v) is 7.86. The second-order valence-electron chi connectivity index (χ2n) is 7.50. The van der Waals surface area contributed by atoms with Gasteiger partial charge in [0.05, 0.1) is 10.0 Å². The van der Waals surface area contributed by atoms with Gasteiger partial charge in [-0.15, -0.1) is 0 Å². The van der Waals surface area contributed by atoms with Crippen LogP contribution in [0.1, 0.15) is 31.2 Å². The van der Waals surface area contributed by atoms with Crippen molar-refractivity contribution in [3.8, 4) is 0 Å². The van der Waals surface area contributed by atoms with E-state index in [9.17, 15) is 13.2 Å². The first-order valence-electron chi connectivity index (χ1n) is 9.97. The maximum Gasteiger partial charge on any atom is 0.247 e. The zero-order chi connectivity index (χ0) is 20.9. The monoisotopic (exact) mass is 459 g/mol. The van der Waals surface area contributed by atoms with Gasteiger partial charge < -0.3 is 9.80 Å². The number of piperidine rings is 1. The maximum atomic E-state index is 12.6. The van der Waals surface area contributed by atoms with Crippen LogP contribution in [0.5, 0.6) is 0 Å². The van der Waals surface area contributed by atoms with Gasteiger partial charge >= 0.3 is 0 Å². The summed E-state index contributed by atoms with van der Waals surface area (Å²) >= 11 is 11.9. The molecule has 3 rings (SSSR count). The van der Waals surface area contributed by atoms with Gasteiger partial charge in [-0.3, -0.25) is 4.79 Å². The van der Waals surface area contributed by atoms with Crippen LogP contribution in [-0.2, 0) is 14.8 Å². The van der Waals surface area contributed by atoms with Crippen LogP contribution in [0.3, 0.4) is 0 Å². The molecule has 29 heavy (non-hydrogen) atoms. The lowest BCUT2D eigenvalue weighted by Gasteiger charge is -2.34. The lowest BCUT2D eigenvalue weighted by molar-refractivity contribution is -0.125. The smallest absolute Gasteiger partial charge is 0.247 e. The molecule has 6 nitrogen and oxygen atoms in total. The van der Waals surface area contributed by atoms with Crippen molar-refractivity contribution < 1.29 is 13.2 Å². The van der Waals surface area contributed by atoms with Crippen molar-refractivity contribution in [1.29, 1.82) is 0 Å². The Morgan fingerprint density at radius 2 is 1.76 bits per heavy atom. The molecule has 2 saturated heterocycles. The van der Waals surface area contributed by atoms with Gasteiger partial charge in [-0.25, -0.2) is 8.42 Å². The summed E-state index contributed by atoms with van der Waals surface area (Å²) in [7, 11) is -3.47. The van der Waals surface area contributed by atoms with Gasteiger partial charge in [-0.1, -0.05) is 35.7 Å². The van der Waals surface area contributed by atoms with Crippen LogP contribution < -0.4 is 0 Å². The SMILES string of the molecule is O=C(/C=C/c1ccc(Cl)c(Cl)c1)N1CCN(CCCN2CCCCC2)S(=O)(=O)C1. The van der Waals surface area contributed by atoms with E-state index in [1.807, 2.05) is 0 Å². The number of hydrogen-bond donors (Lipinski definition) is 0. The third kappa shape index (κ3) is 6.43. The molecule has 0 aliphatic carbocycles. The molecule has 2 heterocycles. The summed E-state index contributed by atoms with van der Waals surface area (Å²) in [6.07, 6.45) is 7.57. The summed E-state index contributed by atoms with van der Waals surface area (Å²) in [5.74, 6) is -0.603. The van der Waals surface area contributed by atoms with Crippen molar-refractivity contribution in [2.75, 3.05) is 45.1 Å². The van der Waals surface area contributed by atoms with Crippen LogP contribution in [0.2, 0.25) is 10.0 Å². The van der Waals surface area contributed by atoms with Gasteiger partial charge in [-0.2, -0.15) is 4.31 Å². The highest BCUT2D eigenvalue weighted by atomic mass is 35.5. The van der Waals surface area contributed by atoms with Crippen molar-refractivity contribution >= 4 is 45.2 Å². The van der Waals surface area contributed by atoms with Crippen LogP contribution in [0.4, 0.5) is 0 Å². The van der Waals surface area contributed by atoms with Gasteiger partial charge in [0.1, 0.15) is 5.88 Å². The average molecular weight is 460 g/mol. The number of benzene rings is 1. The molecule has 1 aromatic carbocycles. The lowest BCUT2D eigenvalue weighted by atomic mass is 10.1. The first-order valence-corrected chi connectivity index (χ1v) is 12.3. The molecule has 2 aliphatic heterocycles. The Kier molecular flexibility index (Phi) is 7.99. The number of carbonyl (C=O) groups excluding carboxylic acids is 1. The molecular formula is C20H27Cl2N3O3S. The van der Waals surface area contributed by atoms with E-state index in [4.69, 9.17) is 23.2 Å². The Bertz CT molecular complexity index is 855. The molecule has 1 amide bonds. The summed E-state index contributed by atoms with van der Waals surface area (Å²) < 4.78 is 26.7. The molecular weight excluding hydrogens is 433 g/mol. The number of hydrogen-bond acceptors (Lipinski definition) is 4. The minimum absolute atomic E-state index is 0.277. The Morgan fingerprint density at radius 1 is 1.00 bits per heavy atom. The van der Waals surface area contributed by atoms with E-state index >= 15 is 0 Å². The van der Waals surface area contributed by atoms with Crippen LogP contribution >= 0.6 is 23.2 Å². The number of likely N-dealkylation sites (tertiary alicyclic amines) is 1. The highest BCUT2D eigenvalue weighted by Crippen LogP contribution is 2.23. The zero-order valence-electron chi connectivity index (χ0n) is 16.4. The van der Waals surface area contributed by atoms with Gasteiger partial charge in [-0.05, 0) is 62.7 Å².